The maximum absolute atomic E-state index is 12.0. The first-order valence-electron chi connectivity index (χ1n) is 6.12. The molecule has 0 aliphatic rings. The monoisotopic (exact) mass is 257 g/mol. The Balaban J connectivity index is 2.12. The summed E-state index contributed by atoms with van der Waals surface area (Å²) in [6, 6.07) is 9.43. The molecule has 0 fully saturated rings. The van der Waals surface area contributed by atoms with Crippen LogP contribution in [0.5, 0.6) is 0 Å². The maximum atomic E-state index is 12.0. The van der Waals surface area contributed by atoms with Gasteiger partial charge >= 0.3 is 5.97 Å². The van der Waals surface area contributed by atoms with Gasteiger partial charge in [-0.25, -0.2) is 4.79 Å². The second kappa shape index (κ2) is 6.00. The lowest BCUT2D eigenvalue weighted by Gasteiger charge is -2.06. The standard InChI is InChI=1S/C15H15NO3/c1-2-12-8-16-13(9-17)14(12)15(18)19-10-11-6-4-3-5-7-11/h3-9,16H,2,10H2,1H3. The van der Waals surface area contributed by atoms with Gasteiger partial charge in [-0.05, 0) is 17.5 Å². The van der Waals surface area contributed by atoms with Gasteiger partial charge in [0.1, 0.15) is 6.61 Å². The van der Waals surface area contributed by atoms with E-state index in [1.54, 1.807) is 6.20 Å². The highest BCUT2D eigenvalue weighted by molar-refractivity contribution is 5.98. The molecule has 0 amide bonds. The molecule has 1 aromatic heterocycles. The van der Waals surface area contributed by atoms with Gasteiger partial charge in [0.25, 0.3) is 0 Å². The van der Waals surface area contributed by atoms with Gasteiger partial charge in [-0.3, -0.25) is 4.79 Å². The average molecular weight is 257 g/mol. The molecule has 4 heteroatoms. The number of hydrogen-bond donors (Lipinski definition) is 1. The molecular formula is C15H15NO3. The van der Waals surface area contributed by atoms with Crippen LogP contribution in [0.4, 0.5) is 0 Å². The van der Waals surface area contributed by atoms with E-state index in [1.165, 1.54) is 0 Å². The van der Waals surface area contributed by atoms with Crippen LogP contribution in [0.15, 0.2) is 36.5 Å². The van der Waals surface area contributed by atoms with Crippen LogP contribution in [0.3, 0.4) is 0 Å². The first kappa shape index (κ1) is 13.1. The summed E-state index contributed by atoms with van der Waals surface area (Å²) in [4.78, 5) is 25.7. The van der Waals surface area contributed by atoms with Gasteiger partial charge in [0.05, 0.1) is 11.3 Å². The summed E-state index contributed by atoms with van der Waals surface area (Å²) in [5.41, 5.74) is 2.32. The highest BCUT2D eigenvalue weighted by Gasteiger charge is 2.18. The highest BCUT2D eigenvalue weighted by atomic mass is 16.5. The Morgan fingerprint density at radius 1 is 1.32 bits per heavy atom. The zero-order valence-corrected chi connectivity index (χ0v) is 10.7. The molecule has 0 saturated heterocycles. The number of ether oxygens (including phenoxy) is 1. The molecule has 2 aromatic rings. The van der Waals surface area contributed by atoms with Crippen LogP contribution in [-0.4, -0.2) is 17.2 Å². The number of carbonyl (C=O) groups is 2. The van der Waals surface area contributed by atoms with E-state index in [1.807, 2.05) is 37.3 Å². The Morgan fingerprint density at radius 2 is 2.05 bits per heavy atom. The van der Waals surface area contributed by atoms with Crippen LogP contribution in [0.25, 0.3) is 0 Å². The van der Waals surface area contributed by atoms with E-state index in [4.69, 9.17) is 4.74 Å². The van der Waals surface area contributed by atoms with E-state index in [0.29, 0.717) is 18.3 Å². The molecule has 1 aromatic carbocycles. The minimum atomic E-state index is -0.468. The molecular weight excluding hydrogens is 242 g/mol. The third-order valence-corrected chi connectivity index (χ3v) is 2.91. The lowest BCUT2D eigenvalue weighted by atomic mass is 10.1. The molecule has 0 radical (unpaired) electrons. The number of nitrogens with one attached hydrogen (secondary N) is 1. The fourth-order valence-corrected chi connectivity index (χ4v) is 1.89. The fourth-order valence-electron chi connectivity index (χ4n) is 1.89. The van der Waals surface area contributed by atoms with Crippen molar-refractivity contribution >= 4 is 12.3 Å². The largest absolute Gasteiger partial charge is 0.457 e. The molecule has 0 saturated carbocycles. The van der Waals surface area contributed by atoms with Gasteiger partial charge < -0.3 is 9.72 Å². The lowest BCUT2D eigenvalue weighted by Crippen LogP contribution is -2.09. The zero-order chi connectivity index (χ0) is 13.7. The molecule has 0 unspecified atom stereocenters. The van der Waals surface area contributed by atoms with Gasteiger partial charge in [-0.15, -0.1) is 0 Å². The van der Waals surface area contributed by atoms with Crippen molar-refractivity contribution in [1.29, 1.82) is 0 Å². The van der Waals surface area contributed by atoms with Crippen LogP contribution in [0, 0.1) is 0 Å². The first-order valence-corrected chi connectivity index (χ1v) is 6.12. The fraction of sp³-hybridized carbons (Fsp3) is 0.200. The highest BCUT2D eigenvalue weighted by Crippen LogP contribution is 2.16. The van der Waals surface area contributed by atoms with Crippen molar-refractivity contribution in [3.8, 4) is 0 Å². The number of aryl methyl sites for hydroxylation is 1. The van der Waals surface area contributed by atoms with Gasteiger partial charge in [-0.2, -0.15) is 0 Å². The number of benzene rings is 1. The molecule has 1 N–H and O–H groups in total. The summed E-state index contributed by atoms with van der Waals surface area (Å²) in [6.45, 7) is 2.12. The van der Waals surface area contributed by atoms with E-state index in [0.717, 1.165) is 11.1 Å². The Morgan fingerprint density at radius 3 is 2.68 bits per heavy atom. The van der Waals surface area contributed by atoms with Crippen LogP contribution in [0.1, 0.15) is 38.9 Å². The van der Waals surface area contributed by atoms with Gasteiger partial charge in [-0.1, -0.05) is 37.3 Å². The minimum absolute atomic E-state index is 0.201. The summed E-state index contributed by atoms with van der Waals surface area (Å²) in [5, 5.41) is 0. The predicted molar refractivity (Wildman–Crippen MR) is 71.1 cm³/mol. The number of H-pyrrole nitrogens is 1. The van der Waals surface area contributed by atoms with E-state index in [9.17, 15) is 9.59 Å². The molecule has 0 aliphatic heterocycles. The van der Waals surface area contributed by atoms with Crippen molar-refractivity contribution in [2.75, 3.05) is 0 Å². The number of aldehydes is 1. The van der Waals surface area contributed by atoms with Gasteiger partial charge in [0.15, 0.2) is 6.29 Å². The van der Waals surface area contributed by atoms with Crippen LogP contribution >= 0.6 is 0 Å². The number of rotatable bonds is 5. The topological polar surface area (TPSA) is 59.2 Å². The summed E-state index contributed by atoms with van der Waals surface area (Å²) >= 11 is 0. The Labute approximate surface area is 111 Å². The molecule has 0 atom stereocenters. The van der Waals surface area contributed by atoms with Crippen molar-refractivity contribution in [3.05, 3.63) is 58.9 Å². The van der Waals surface area contributed by atoms with Crippen LogP contribution in [0.2, 0.25) is 0 Å². The van der Waals surface area contributed by atoms with Crippen LogP contribution < -0.4 is 0 Å². The molecule has 19 heavy (non-hydrogen) atoms. The minimum Gasteiger partial charge on any atom is -0.457 e. The van der Waals surface area contributed by atoms with Gasteiger partial charge in [0, 0.05) is 6.20 Å². The van der Waals surface area contributed by atoms with Crippen molar-refractivity contribution in [2.45, 2.75) is 20.0 Å². The molecule has 0 bridgehead atoms. The first-order chi connectivity index (χ1) is 9.26. The summed E-state index contributed by atoms with van der Waals surface area (Å²) in [7, 11) is 0. The maximum Gasteiger partial charge on any atom is 0.341 e. The lowest BCUT2D eigenvalue weighted by molar-refractivity contribution is 0.0470. The number of aromatic amines is 1. The quantitative estimate of drug-likeness (QED) is 0.661. The van der Waals surface area contributed by atoms with Crippen molar-refractivity contribution in [2.24, 2.45) is 0 Å². The van der Waals surface area contributed by atoms with E-state index < -0.39 is 5.97 Å². The third-order valence-electron chi connectivity index (χ3n) is 2.91. The molecule has 4 nitrogen and oxygen atoms in total. The molecule has 0 aliphatic carbocycles. The summed E-state index contributed by atoms with van der Waals surface area (Å²) < 4.78 is 5.24. The van der Waals surface area contributed by atoms with Crippen molar-refractivity contribution in [3.63, 3.8) is 0 Å². The predicted octanol–water partition coefficient (Wildman–Crippen LogP) is 2.75. The Hall–Kier alpha value is -2.36. The Bertz CT molecular complexity index is 572. The molecule has 98 valence electrons. The Kier molecular flexibility index (Phi) is 4.13. The third kappa shape index (κ3) is 2.91. The second-order valence-electron chi connectivity index (χ2n) is 4.14. The normalized spacial score (nSPS) is 10.2. The van der Waals surface area contributed by atoms with Gasteiger partial charge in [0.2, 0.25) is 0 Å². The summed E-state index contributed by atoms with van der Waals surface area (Å²) in [5.74, 6) is -0.468. The van der Waals surface area contributed by atoms with E-state index in [2.05, 4.69) is 4.98 Å². The second-order valence-corrected chi connectivity index (χ2v) is 4.14. The van der Waals surface area contributed by atoms with Crippen molar-refractivity contribution < 1.29 is 14.3 Å². The number of aromatic nitrogens is 1. The summed E-state index contributed by atoms with van der Waals surface area (Å²) in [6.07, 6.45) is 2.97. The van der Waals surface area contributed by atoms with E-state index in [-0.39, 0.29) is 12.3 Å². The van der Waals surface area contributed by atoms with Crippen molar-refractivity contribution in [1.82, 2.24) is 4.98 Å². The van der Waals surface area contributed by atoms with Crippen LogP contribution in [-0.2, 0) is 17.8 Å². The average Bonchev–Trinajstić information content (AvgIpc) is 2.89. The number of esters is 1. The smallest absolute Gasteiger partial charge is 0.341 e. The molecule has 2 rings (SSSR count). The molecule has 1 heterocycles. The zero-order valence-electron chi connectivity index (χ0n) is 10.7. The number of carbonyl (C=O) groups excluding carboxylic acids is 2. The van der Waals surface area contributed by atoms with E-state index >= 15 is 0 Å². The number of hydrogen-bond acceptors (Lipinski definition) is 3. The SMILES string of the molecule is CCc1c[nH]c(C=O)c1C(=O)OCc1ccccc1. The molecule has 0 spiro atoms.